The Bertz CT molecular complexity index is 393. The molecule has 1 N–H and O–H groups in total. The van der Waals surface area contributed by atoms with Gasteiger partial charge >= 0.3 is 5.97 Å². The van der Waals surface area contributed by atoms with Crippen molar-refractivity contribution in [3.63, 3.8) is 0 Å². The summed E-state index contributed by atoms with van der Waals surface area (Å²) >= 11 is 11.5. The lowest BCUT2D eigenvalue weighted by molar-refractivity contribution is -0.147. The molecule has 18 heavy (non-hydrogen) atoms. The third-order valence-electron chi connectivity index (χ3n) is 2.41. The van der Waals surface area contributed by atoms with E-state index >= 15 is 0 Å². The Labute approximate surface area is 117 Å². The highest BCUT2D eigenvalue weighted by Crippen LogP contribution is 2.15. The first-order chi connectivity index (χ1) is 8.56. The third kappa shape index (κ3) is 4.80. The molecule has 1 atom stereocenters. The van der Waals surface area contributed by atoms with Gasteiger partial charge < -0.3 is 10.1 Å². The smallest absolute Gasteiger partial charge is 0.323 e. The highest BCUT2D eigenvalue weighted by Gasteiger charge is 2.16. The van der Waals surface area contributed by atoms with Gasteiger partial charge in [-0.1, -0.05) is 36.5 Å². The number of nitrogens with zero attached hydrogens (tertiary/aromatic N) is 1. The lowest BCUT2D eigenvalue weighted by Gasteiger charge is -2.14. The first kappa shape index (κ1) is 15.2. The third-order valence-corrected chi connectivity index (χ3v) is 2.80. The van der Waals surface area contributed by atoms with Gasteiger partial charge in [0.05, 0.1) is 0 Å². The van der Waals surface area contributed by atoms with Crippen LogP contribution in [0.3, 0.4) is 0 Å². The van der Waals surface area contributed by atoms with E-state index in [1.807, 2.05) is 6.92 Å². The van der Waals surface area contributed by atoms with E-state index in [1.165, 1.54) is 0 Å². The van der Waals surface area contributed by atoms with Crippen molar-refractivity contribution in [1.29, 1.82) is 0 Å². The molecule has 0 unspecified atom stereocenters. The molecule has 1 rings (SSSR count). The first-order valence-corrected chi connectivity index (χ1v) is 6.48. The van der Waals surface area contributed by atoms with Crippen LogP contribution in [0, 0.1) is 0 Å². The molecule has 1 aromatic rings. The summed E-state index contributed by atoms with van der Waals surface area (Å²) < 4.78 is 5.20. The van der Waals surface area contributed by atoms with Crippen LogP contribution in [0.4, 0.5) is 0 Å². The van der Waals surface area contributed by atoms with Crippen molar-refractivity contribution in [2.45, 2.75) is 32.4 Å². The Balaban J connectivity index is 2.56. The molecule has 0 bridgehead atoms. The quantitative estimate of drug-likeness (QED) is 0.647. The molecule has 1 aromatic heterocycles. The van der Waals surface area contributed by atoms with Crippen LogP contribution in [-0.4, -0.2) is 24.0 Å². The van der Waals surface area contributed by atoms with Gasteiger partial charge in [-0.05, 0) is 31.2 Å². The van der Waals surface area contributed by atoms with Gasteiger partial charge in [-0.3, -0.25) is 4.79 Å². The average molecular weight is 291 g/mol. The van der Waals surface area contributed by atoms with Gasteiger partial charge in [-0.2, -0.15) is 0 Å². The minimum Gasteiger partial charge on any atom is -0.460 e. The predicted molar refractivity (Wildman–Crippen MR) is 71.8 cm³/mol. The summed E-state index contributed by atoms with van der Waals surface area (Å²) in [5.41, 5.74) is 0.722. The van der Waals surface area contributed by atoms with Crippen molar-refractivity contribution in [1.82, 2.24) is 10.3 Å². The molecule has 0 radical (unpaired) electrons. The molecular formula is C12H16Cl2N2O2. The van der Waals surface area contributed by atoms with Crippen LogP contribution in [0.25, 0.3) is 0 Å². The fraction of sp³-hybridized carbons (Fsp3) is 0.500. The molecule has 0 spiro atoms. The van der Waals surface area contributed by atoms with E-state index < -0.39 is 0 Å². The van der Waals surface area contributed by atoms with Crippen molar-refractivity contribution >= 4 is 29.2 Å². The minimum absolute atomic E-state index is 0.142. The second-order valence-electron chi connectivity index (χ2n) is 3.86. The summed E-state index contributed by atoms with van der Waals surface area (Å²) in [5.74, 6) is -0.275. The molecule has 6 heteroatoms. The van der Waals surface area contributed by atoms with E-state index in [1.54, 1.807) is 19.2 Å². The van der Waals surface area contributed by atoms with E-state index in [0.717, 1.165) is 18.4 Å². The maximum Gasteiger partial charge on any atom is 0.323 e. The number of aromatic nitrogens is 1. The number of carbonyl (C=O) groups excluding carboxylic acids is 1. The highest BCUT2D eigenvalue weighted by molar-refractivity contribution is 6.32. The first-order valence-electron chi connectivity index (χ1n) is 5.72. The molecule has 0 saturated heterocycles. The van der Waals surface area contributed by atoms with E-state index in [9.17, 15) is 4.79 Å². The second-order valence-corrected chi connectivity index (χ2v) is 4.63. The molecule has 0 aromatic carbocycles. The molecule has 0 aliphatic heterocycles. The Morgan fingerprint density at radius 2 is 2.06 bits per heavy atom. The maximum atomic E-state index is 11.7. The zero-order valence-electron chi connectivity index (χ0n) is 10.4. The topological polar surface area (TPSA) is 51.2 Å². The Kier molecular flexibility index (Phi) is 6.39. The van der Waals surface area contributed by atoms with Crippen molar-refractivity contribution < 1.29 is 9.53 Å². The summed E-state index contributed by atoms with van der Waals surface area (Å²) in [5, 5.41) is 3.49. The number of pyridine rings is 1. The van der Waals surface area contributed by atoms with Gasteiger partial charge in [0.1, 0.15) is 23.0 Å². The molecule has 4 nitrogen and oxygen atoms in total. The van der Waals surface area contributed by atoms with Crippen LogP contribution in [0.1, 0.15) is 25.3 Å². The molecular weight excluding hydrogens is 275 g/mol. The number of ether oxygens (including phenoxy) is 1. The Hall–Kier alpha value is -0.840. The average Bonchev–Trinajstić information content (AvgIpc) is 2.32. The zero-order valence-corrected chi connectivity index (χ0v) is 11.9. The number of halogens is 2. The summed E-state index contributed by atoms with van der Waals surface area (Å²) in [6.07, 6.45) is 1.65. The van der Waals surface area contributed by atoms with E-state index in [4.69, 9.17) is 27.9 Å². The van der Waals surface area contributed by atoms with Crippen LogP contribution in [0.2, 0.25) is 10.3 Å². The van der Waals surface area contributed by atoms with Crippen LogP contribution in [0.15, 0.2) is 12.1 Å². The number of nitrogens with one attached hydrogen (secondary N) is 1. The van der Waals surface area contributed by atoms with Crippen molar-refractivity contribution in [3.8, 4) is 0 Å². The van der Waals surface area contributed by atoms with Crippen LogP contribution >= 0.6 is 23.2 Å². The summed E-state index contributed by atoms with van der Waals surface area (Å²) in [7, 11) is 1.74. The van der Waals surface area contributed by atoms with Gasteiger partial charge in [-0.25, -0.2) is 4.98 Å². The largest absolute Gasteiger partial charge is 0.460 e. The van der Waals surface area contributed by atoms with Gasteiger partial charge in [0.2, 0.25) is 0 Å². The van der Waals surface area contributed by atoms with E-state index in [2.05, 4.69) is 10.3 Å². The fourth-order valence-corrected chi connectivity index (χ4v) is 2.03. The van der Waals surface area contributed by atoms with E-state index in [0.29, 0.717) is 0 Å². The van der Waals surface area contributed by atoms with Gasteiger partial charge in [0.25, 0.3) is 0 Å². The number of hydrogen-bond donors (Lipinski definition) is 1. The van der Waals surface area contributed by atoms with Gasteiger partial charge in [0.15, 0.2) is 0 Å². The predicted octanol–water partition coefficient (Wildman–Crippen LogP) is 2.82. The molecule has 0 aliphatic rings. The van der Waals surface area contributed by atoms with Gasteiger partial charge in [0, 0.05) is 0 Å². The molecule has 1 heterocycles. The summed E-state index contributed by atoms with van der Waals surface area (Å²) in [6, 6.07) is 2.96. The summed E-state index contributed by atoms with van der Waals surface area (Å²) in [6.45, 7) is 2.16. The molecule has 0 saturated carbocycles. The second kappa shape index (κ2) is 7.56. The van der Waals surface area contributed by atoms with E-state index in [-0.39, 0.29) is 28.9 Å². The van der Waals surface area contributed by atoms with Crippen molar-refractivity contribution in [3.05, 3.63) is 28.0 Å². The lowest BCUT2D eigenvalue weighted by atomic mass is 10.2. The van der Waals surface area contributed by atoms with Crippen LogP contribution < -0.4 is 5.32 Å². The summed E-state index contributed by atoms with van der Waals surface area (Å²) in [4.78, 5) is 15.6. The van der Waals surface area contributed by atoms with Crippen LogP contribution in [-0.2, 0) is 16.1 Å². The van der Waals surface area contributed by atoms with Gasteiger partial charge in [-0.15, -0.1) is 0 Å². The normalized spacial score (nSPS) is 12.2. The minimum atomic E-state index is -0.275. The molecule has 0 aliphatic carbocycles. The van der Waals surface area contributed by atoms with Crippen LogP contribution in [0.5, 0.6) is 0 Å². The number of likely N-dealkylation sites (N-methyl/N-ethyl adjacent to an activating group) is 1. The standard InChI is InChI=1S/C12H16Cl2N2O2/c1-3-4-9(15-2)12(17)18-7-8-5-10(13)16-11(14)6-8/h5-6,9,15H,3-4,7H2,1-2H3/t9-/m0/s1. The molecule has 0 fully saturated rings. The lowest BCUT2D eigenvalue weighted by Crippen LogP contribution is -2.35. The van der Waals surface area contributed by atoms with Crippen molar-refractivity contribution in [2.75, 3.05) is 7.05 Å². The van der Waals surface area contributed by atoms with Crippen molar-refractivity contribution in [2.24, 2.45) is 0 Å². The highest BCUT2D eigenvalue weighted by atomic mass is 35.5. The zero-order chi connectivity index (χ0) is 13.5. The maximum absolute atomic E-state index is 11.7. The Morgan fingerprint density at radius 1 is 1.44 bits per heavy atom. The SMILES string of the molecule is CCC[C@H](NC)C(=O)OCc1cc(Cl)nc(Cl)c1. The monoisotopic (exact) mass is 290 g/mol. The Morgan fingerprint density at radius 3 is 2.56 bits per heavy atom. The molecule has 0 amide bonds. The number of hydrogen-bond acceptors (Lipinski definition) is 4. The number of esters is 1. The number of rotatable bonds is 6. The molecule has 100 valence electrons. The number of carbonyl (C=O) groups is 1. The fourth-order valence-electron chi connectivity index (χ4n) is 1.52.